The highest BCUT2D eigenvalue weighted by atomic mass is 35.5. The van der Waals surface area contributed by atoms with Gasteiger partial charge in [-0.3, -0.25) is 14.9 Å². The molecule has 1 heterocycles. The van der Waals surface area contributed by atoms with Crippen molar-refractivity contribution < 1.29 is 9.72 Å². The molecule has 3 rings (SSSR count). The standard InChI is InChI=1S/C18H15ClN2O3S/c19-13-5-6-17-15(11-13)16(8-9-25-17)20-18(22)7-4-12-2-1-3-14(10-12)21(23)24/h1-7,10-11,16H,8-9H2,(H,20,22)/b7-4+. The average Bonchev–Trinajstić information content (AvgIpc) is 2.61. The van der Waals surface area contributed by atoms with Crippen LogP contribution < -0.4 is 5.32 Å². The molecule has 0 saturated carbocycles. The van der Waals surface area contributed by atoms with E-state index in [1.54, 1.807) is 30.0 Å². The summed E-state index contributed by atoms with van der Waals surface area (Å²) in [4.78, 5) is 23.7. The fourth-order valence-electron chi connectivity index (χ4n) is 2.65. The summed E-state index contributed by atoms with van der Waals surface area (Å²) in [5.74, 6) is 0.683. The number of carbonyl (C=O) groups is 1. The van der Waals surface area contributed by atoms with Gasteiger partial charge in [0, 0.05) is 33.9 Å². The third kappa shape index (κ3) is 4.41. The number of non-ortho nitro benzene ring substituents is 1. The van der Waals surface area contributed by atoms with Crippen molar-refractivity contribution in [2.75, 3.05) is 5.75 Å². The third-order valence-electron chi connectivity index (χ3n) is 3.84. The molecule has 7 heteroatoms. The molecular formula is C18H15ClN2O3S. The Balaban J connectivity index is 1.70. The maximum atomic E-state index is 12.2. The molecular weight excluding hydrogens is 360 g/mol. The third-order valence-corrected chi connectivity index (χ3v) is 5.19. The number of thioether (sulfide) groups is 1. The SMILES string of the molecule is O=C(/C=C/c1cccc([N+](=O)[O-])c1)NC1CCSc2ccc(Cl)cc21. The van der Waals surface area contributed by atoms with Gasteiger partial charge in [-0.25, -0.2) is 0 Å². The van der Waals surface area contributed by atoms with Crippen molar-refractivity contribution in [2.24, 2.45) is 0 Å². The number of fused-ring (bicyclic) bond motifs is 1. The van der Waals surface area contributed by atoms with Crippen LogP contribution in [0.3, 0.4) is 0 Å². The number of carbonyl (C=O) groups excluding carboxylic acids is 1. The highest BCUT2D eigenvalue weighted by molar-refractivity contribution is 7.99. The minimum Gasteiger partial charge on any atom is -0.346 e. The van der Waals surface area contributed by atoms with Gasteiger partial charge in [0.1, 0.15) is 0 Å². The lowest BCUT2D eigenvalue weighted by Gasteiger charge is -2.25. The number of nitro groups is 1. The van der Waals surface area contributed by atoms with Gasteiger partial charge < -0.3 is 5.32 Å². The fraction of sp³-hybridized carbons (Fsp3) is 0.167. The number of nitro benzene ring substituents is 1. The summed E-state index contributed by atoms with van der Waals surface area (Å²) in [6, 6.07) is 11.8. The van der Waals surface area contributed by atoms with E-state index in [0.717, 1.165) is 22.6 Å². The molecule has 1 amide bonds. The van der Waals surface area contributed by atoms with Crippen LogP contribution in [0.25, 0.3) is 6.08 Å². The van der Waals surface area contributed by atoms with Crippen molar-refractivity contribution in [3.63, 3.8) is 0 Å². The van der Waals surface area contributed by atoms with Crippen molar-refractivity contribution in [3.8, 4) is 0 Å². The van der Waals surface area contributed by atoms with Crippen molar-refractivity contribution >= 4 is 41.0 Å². The quantitative estimate of drug-likeness (QED) is 0.481. The van der Waals surface area contributed by atoms with E-state index >= 15 is 0 Å². The topological polar surface area (TPSA) is 72.2 Å². The van der Waals surface area contributed by atoms with Crippen LogP contribution in [0.1, 0.15) is 23.6 Å². The monoisotopic (exact) mass is 374 g/mol. The van der Waals surface area contributed by atoms with Gasteiger partial charge in [0.05, 0.1) is 11.0 Å². The number of hydrogen-bond acceptors (Lipinski definition) is 4. The summed E-state index contributed by atoms with van der Waals surface area (Å²) < 4.78 is 0. The van der Waals surface area contributed by atoms with E-state index in [-0.39, 0.29) is 17.6 Å². The second-order valence-electron chi connectivity index (χ2n) is 5.57. The Bertz CT molecular complexity index is 854. The van der Waals surface area contributed by atoms with Crippen LogP contribution in [0.2, 0.25) is 5.02 Å². The average molecular weight is 375 g/mol. The Morgan fingerprint density at radius 3 is 2.96 bits per heavy atom. The molecule has 2 aromatic rings. The lowest BCUT2D eigenvalue weighted by Crippen LogP contribution is -2.29. The molecule has 0 aromatic heterocycles. The number of benzene rings is 2. The summed E-state index contributed by atoms with van der Waals surface area (Å²) in [6.07, 6.45) is 3.79. The summed E-state index contributed by atoms with van der Waals surface area (Å²) in [5.41, 5.74) is 1.63. The van der Waals surface area contributed by atoms with Gasteiger partial charge in [0.2, 0.25) is 5.91 Å². The Morgan fingerprint density at radius 1 is 1.32 bits per heavy atom. The van der Waals surface area contributed by atoms with Crippen molar-refractivity contribution in [3.05, 3.63) is 74.8 Å². The molecule has 0 saturated heterocycles. The highest BCUT2D eigenvalue weighted by Gasteiger charge is 2.21. The van der Waals surface area contributed by atoms with Gasteiger partial charge in [0.25, 0.3) is 5.69 Å². The number of hydrogen-bond donors (Lipinski definition) is 1. The van der Waals surface area contributed by atoms with Crippen molar-refractivity contribution in [1.82, 2.24) is 5.32 Å². The van der Waals surface area contributed by atoms with E-state index in [1.165, 1.54) is 18.2 Å². The molecule has 128 valence electrons. The zero-order valence-corrected chi connectivity index (χ0v) is 14.7. The van der Waals surface area contributed by atoms with Gasteiger partial charge in [-0.1, -0.05) is 23.7 Å². The zero-order chi connectivity index (χ0) is 17.8. The molecule has 1 atom stereocenters. The van der Waals surface area contributed by atoms with Crippen LogP contribution in [-0.4, -0.2) is 16.6 Å². The molecule has 1 N–H and O–H groups in total. The van der Waals surface area contributed by atoms with Crippen LogP contribution in [0.4, 0.5) is 5.69 Å². The van der Waals surface area contributed by atoms with Gasteiger partial charge in [-0.05, 0) is 41.8 Å². The van der Waals surface area contributed by atoms with Crippen LogP contribution >= 0.6 is 23.4 Å². The molecule has 5 nitrogen and oxygen atoms in total. The molecule has 1 unspecified atom stereocenters. The number of amides is 1. The second kappa shape index (κ2) is 7.72. The maximum absolute atomic E-state index is 12.2. The summed E-state index contributed by atoms with van der Waals surface area (Å²) >= 11 is 7.82. The Kier molecular flexibility index (Phi) is 5.40. The molecule has 1 aliphatic heterocycles. The van der Waals surface area contributed by atoms with Crippen LogP contribution in [0, 0.1) is 10.1 Å². The Hall–Kier alpha value is -2.31. The van der Waals surface area contributed by atoms with Crippen LogP contribution in [0.5, 0.6) is 0 Å². The summed E-state index contributed by atoms with van der Waals surface area (Å²) in [7, 11) is 0. The van der Waals surface area contributed by atoms with Gasteiger partial charge in [-0.15, -0.1) is 11.8 Å². The van der Waals surface area contributed by atoms with Crippen LogP contribution in [-0.2, 0) is 4.79 Å². The number of nitrogens with zero attached hydrogens (tertiary/aromatic N) is 1. The van der Waals surface area contributed by atoms with E-state index in [1.807, 2.05) is 18.2 Å². The molecule has 0 spiro atoms. The summed E-state index contributed by atoms with van der Waals surface area (Å²) in [6.45, 7) is 0. The van der Waals surface area contributed by atoms with E-state index in [2.05, 4.69) is 5.32 Å². The first-order valence-corrected chi connectivity index (χ1v) is 9.04. The largest absolute Gasteiger partial charge is 0.346 e. The fourth-order valence-corrected chi connectivity index (χ4v) is 3.94. The zero-order valence-electron chi connectivity index (χ0n) is 13.1. The predicted molar refractivity (Wildman–Crippen MR) is 99.8 cm³/mol. The van der Waals surface area contributed by atoms with E-state index in [9.17, 15) is 14.9 Å². The first-order chi connectivity index (χ1) is 12.0. The van der Waals surface area contributed by atoms with Gasteiger partial charge >= 0.3 is 0 Å². The lowest BCUT2D eigenvalue weighted by atomic mass is 10.0. The molecule has 1 aliphatic rings. The molecule has 0 radical (unpaired) electrons. The lowest BCUT2D eigenvalue weighted by molar-refractivity contribution is -0.384. The predicted octanol–water partition coefficient (Wildman–Crippen LogP) is 4.61. The van der Waals surface area contributed by atoms with E-state index in [4.69, 9.17) is 11.6 Å². The van der Waals surface area contributed by atoms with Gasteiger partial charge in [-0.2, -0.15) is 0 Å². The van der Waals surface area contributed by atoms with Gasteiger partial charge in [0.15, 0.2) is 0 Å². The number of halogens is 1. The highest BCUT2D eigenvalue weighted by Crippen LogP contribution is 2.37. The molecule has 0 fully saturated rings. The molecule has 0 bridgehead atoms. The van der Waals surface area contributed by atoms with Crippen LogP contribution in [0.15, 0.2) is 53.4 Å². The molecule has 2 aromatic carbocycles. The molecule has 25 heavy (non-hydrogen) atoms. The molecule has 0 aliphatic carbocycles. The second-order valence-corrected chi connectivity index (χ2v) is 7.14. The first kappa shape index (κ1) is 17.5. The number of nitrogens with one attached hydrogen (secondary N) is 1. The normalized spacial score (nSPS) is 16.4. The smallest absolute Gasteiger partial charge is 0.270 e. The summed E-state index contributed by atoms with van der Waals surface area (Å²) in [5, 5.41) is 14.4. The minimum atomic E-state index is -0.461. The van der Waals surface area contributed by atoms with Crippen molar-refractivity contribution in [1.29, 1.82) is 0 Å². The Morgan fingerprint density at radius 2 is 2.16 bits per heavy atom. The van der Waals surface area contributed by atoms with Crippen molar-refractivity contribution in [2.45, 2.75) is 17.4 Å². The number of rotatable bonds is 4. The maximum Gasteiger partial charge on any atom is 0.270 e. The van der Waals surface area contributed by atoms with E-state index in [0.29, 0.717) is 10.6 Å². The van der Waals surface area contributed by atoms with E-state index < -0.39 is 4.92 Å². The Labute approximate surface area is 154 Å². The minimum absolute atomic E-state index is 0.00423. The first-order valence-electron chi connectivity index (χ1n) is 7.68.